The fourth-order valence-corrected chi connectivity index (χ4v) is 4.93. The maximum absolute atomic E-state index is 13.9. The lowest BCUT2D eigenvalue weighted by Crippen LogP contribution is -2.63. The fourth-order valence-electron chi connectivity index (χ4n) is 3.77. The van der Waals surface area contributed by atoms with E-state index in [0.29, 0.717) is 26.6 Å². The van der Waals surface area contributed by atoms with Gasteiger partial charge in [0.05, 0.1) is 12.2 Å². The standard InChI is InChI=1S/C21H19BrF2N4O4S/c1-2-32-21(31)15-14(9-28-8-13(24)17(28)20(29)30)26-18(19-25-5-6-33-19)27-16(15)11-4-3-10(23)7-12(11)22/h3-7,13,16-17H,2,8-9H2,1H3,(H,26,27)(H,29,30). The molecule has 4 rings (SSSR count). The summed E-state index contributed by atoms with van der Waals surface area (Å²) in [5, 5.41) is 14.8. The quantitative estimate of drug-likeness (QED) is 0.520. The van der Waals surface area contributed by atoms with Gasteiger partial charge in [-0.1, -0.05) is 22.0 Å². The van der Waals surface area contributed by atoms with Gasteiger partial charge in [-0.2, -0.15) is 0 Å². The van der Waals surface area contributed by atoms with E-state index < -0.39 is 36.0 Å². The van der Waals surface area contributed by atoms with Crippen molar-refractivity contribution in [1.29, 1.82) is 0 Å². The van der Waals surface area contributed by atoms with Crippen LogP contribution in [-0.2, 0) is 14.3 Å². The first-order chi connectivity index (χ1) is 15.8. The van der Waals surface area contributed by atoms with Crippen LogP contribution in [0.25, 0.3) is 0 Å². The van der Waals surface area contributed by atoms with Crippen LogP contribution in [0, 0.1) is 5.82 Å². The normalized spacial score (nSPS) is 22.9. The Bertz CT molecular complexity index is 1140. The molecule has 33 heavy (non-hydrogen) atoms. The Morgan fingerprint density at radius 3 is 2.82 bits per heavy atom. The summed E-state index contributed by atoms with van der Waals surface area (Å²) in [6.45, 7) is 1.62. The molecule has 0 aliphatic carbocycles. The molecule has 0 amide bonds. The Kier molecular flexibility index (Phi) is 6.86. The average Bonchev–Trinajstić information content (AvgIpc) is 3.27. The van der Waals surface area contributed by atoms with Crippen LogP contribution >= 0.6 is 27.3 Å². The number of nitrogens with zero attached hydrogens (tertiary/aromatic N) is 3. The lowest BCUT2D eigenvalue weighted by atomic mass is 9.93. The molecule has 3 heterocycles. The molecule has 1 saturated heterocycles. The Morgan fingerprint density at radius 1 is 1.42 bits per heavy atom. The van der Waals surface area contributed by atoms with Crippen LogP contribution in [0.15, 0.2) is 50.5 Å². The van der Waals surface area contributed by atoms with Gasteiger partial charge in [0.1, 0.15) is 24.1 Å². The molecule has 12 heteroatoms. The molecule has 2 aromatic rings. The number of thiazole rings is 1. The van der Waals surface area contributed by atoms with Gasteiger partial charge >= 0.3 is 11.9 Å². The number of carboxylic acids is 1. The first-order valence-electron chi connectivity index (χ1n) is 10.0. The lowest BCUT2D eigenvalue weighted by molar-refractivity contribution is -0.153. The van der Waals surface area contributed by atoms with Gasteiger partial charge in [0.25, 0.3) is 0 Å². The Balaban J connectivity index is 1.82. The second-order valence-electron chi connectivity index (χ2n) is 7.35. The smallest absolute Gasteiger partial charge is 0.338 e. The number of nitrogens with one attached hydrogen (secondary N) is 1. The molecule has 1 aromatic heterocycles. The van der Waals surface area contributed by atoms with E-state index in [1.807, 2.05) is 0 Å². The Labute approximate surface area is 200 Å². The molecule has 174 valence electrons. The number of aliphatic carboxylic acids is 1. The minimum Gasteiger partial charge on any atom is -0.480 e. The van der Waals surface area contributed by atoms with E-state index in [-0.39, 0.29) is 25.3 Å². The third kappa shape index (κ3) is 4.68. The number of hydrogen-bond donors (Lipinski definition) is 2. The zero-order valence-corrected chi connectivity index (χ0v) is 19.7. The number of carbonyl (C=O) groups excluding carboxylic acids is 1. The highest BCUT2D eigenvalue weighted by Crippen LogP contribution is 2.37. The third-order valence-electron chi connectivity index (χ3n) is 5.27. The number of hydrogen-bond acceptors (Lipinski definition) is 8. The van der Waals surface area contributed by atoms with Gasteiger partial charge in [-0.3, -0.25) is 14.7 Å². The summed E-state index contributed by atoms with van der Waals surface area (Å²) in [5.74, 6) is -2.05. The Hall–Kier alpha value is -2.70. The number of alkyl halides is 1. The molecule has 0 bridgehead atoms. The van der Waals surface area contributed by atoms with Crippen LogP contribution < -0.4 is 5.32 Å². The van der Waals surface area contributed by atoms with Crippen molar-refractivity contribution in [2.75, 3.05) is 19.7 Å². The number of carboxylic acid groups (broad SMARTS) is 1. The number of esters is 1. The van der Waals surface area contributed by atoms with Gasteiger partial charge in [-0.25, -0.2) is 18.6 Å². The number of halogens is 3. The predicted molar refractivity (Wildman–Crippen MR) is 120 cm³/mol. The molecular weight excluding hydrogens is 522 g/mol. The van der Waals surface area contributed by atoms with Gasteiger partial charge in [0, 0.05) is 34.8 Å². The van der Waals surface area contributed by atoms with E-state index in [1.165, 1.54) is 34.4 Å². The molecule has 2 aliphatic rings. The number of aromatic nitrogens is 1. The monoisotopic (exact) mass is 540 g/mol. The summed E-state index contributed by atoms with van der Waals surface area (Å²) in [7, 11) is 0. The predicted octanol–water partition coefficient (Wildman–Crippen LogP) is 3.06. The van der Waals surface area contributed by atoms with Crippen LogP contribution in [0.4, 0.5) is 8.78 Å². The maximum atomic E-state index is 13.9. The highest BCUT2D eigenvalue weighted by molar-refractivity contribution is 9.10. The zero-order chi connectivity index (χ0) is 23.7. The van der Waals surface area contributed by atoms with Crippen molar-refractivity contribution in [2.45, 2.75) is 25.2 Å². The topological polar surface area (TPSA) is 104 Å². The summed E-state index contributed by atoms with van der Waals surface area (Å²) < 4.78 is 33.3. The van der Waals surface area contributed by atoms with E-state index in [1.54, 1.807) is 18.5 Å². The van der Waals surface area contributed by atoms with E-state index in [2.05, 4.69) is 31.2 Å². The summed E-state index contributed by atoms with van der Waals surface area (Å²) in [6, 6.07) is 1.83. The van der Waals surface area contributed by atoms with Crippen molar-refractivity contribution in [2.24, 2.45) is 4.99 Å². The SMILES string of the molecule is CCOC(=O)C1=C(CN2CC(F)C2C(=O)O)NC(c2nccs2)=NC1c1ccc(F)cc1Br. The first kappa shape index (κ1) is 23.5. The van der Waals surface area contributed by atoms with Gasteiger partial charge in [-0.05, 0) is 24.6 Å². The fraction of sp³-hybridized carbons (Fsp3) is 0.333. The number of amidine groups is 1. The lowest BCUT2D eigenvalue weighted by Gasteiger charge is -2.42. The van der Waals surface area contributed by atoms with Gasteiger partial charge in [0.2, 0.25) is 0 Å². The van der Waals surface area contributed by atoms with E-state index in [0.717, 1.165) is 0 Å². The van der Waals surface area contributed by atoms with Crippen LogP contribution in [0.1, 0.15) is 23.5 Å². The highest BCUT2D eigenvalue weighted by Gasteiger charge is 2.46. The number of likely N-dealkylation sites (tertiary alicyclic amines) is 1. The molecule has 2 N–H and O–H groups in total. The second kappa shape index (κ2) is 9.65. The van der Waals surface area contributed by atoms with Crippen molar-refractivity contribution in [1.82, 2.24) is 15.2 Å². The Morgan fingerprint density at radius 2 is 2.21 bits per heavy atom. The van der Waals surface area contributed by atoms with Gasteiger partial charge in [-0.15, -0.1) is 11.3 Å². The van der Waals surface area contributed by atoms with Crippen LogP contribution in [0.5, 0.6) is 0 Å². The highest BCUT2D eigenvalue weighted by atomic mass is 79.9. The van der Waals surface area contributed by atoms with Crippen molar-refractivity contribution in [3.8, 4) is 0 Å². The average molecular weight is 541 g/mol. The third-order valence-corrected chi connectivity index (χ3v) is 6.74. The van der Waals surface area contributed by atoms with Crippen LogP contribution in [0.3, 0.4) is 0 Å². The van der Waals surface area contributed by atoms with E-state index in [4.69, 9.17) is 4.74 Å². The van der Waals surface area contributed by atoms with Crippen LogP contribution in [0.2, 0.25) is 0 Å². The molecule has 3 atom stereocenters. The maximum Gasteiger partial charge on any atom is 0.338 e. The van der Waals surface area contributed by atoms with Crippen molar-refractivity contribution < 1.29 is 28.2 Å². The number of carbonyl (C=O) groups is 2. The van der Waals surface area contributed by atoms with E-state index in [9.17, 15) is 23.5 Å². The molecule has 0 saturated carbocycles. The number of ether oxygens (including phenoxy) is 1. The van der Waals surface area contributed by atoms with Crippen LogP contribution in [-0.4, -0.2) is 64.7 Å². The minimum absolute atomic E-state index is 0.0504. The first-order valence-corrected chi connectivity index (χ1v) is 11.7. The van der Waals surface area contributed by atoms with Crippen molar-refractivity contribution in [3.05, 3.63) is 61.9 Å². The molecular formula is C21H19BrF2N4O4S. The molecule has 2 aliphatic heterocycles. The zero-order valence-electron chi connectivity index (χ0n) is 17.3. The molecule has 0 radical (unpaired) electrons. The second-order valence-corrected chi connectivity index (χ2v) is 9.10. The summed E-state index contributed by atoms with van der Waals surface area (Å²) in [5.41, 5.74) is 0.971. The van der Waals surface area contributed by atoms with Crippen molar-refractivity contribution in [3.63, 3.8) is 0 Å². The molecule has 3 unspecified atom stereocenters. The summed E-state index contributed by atoms with van der Waals surface area (Å²) in [6.07, 6.45) is 0.0905. The molecule has 1 aromatic carbocycles. The van der Waals surface area contributed by atoms with Gasteiger partial charge in [0.15, 0.2) is 10.8 Å². The number of aliphatic imine (C=N–C) groups is 1. The van der Waals surface area contributed by atoms with Crippen molar-refractivity contribution >= 4 is 45.0 Å². The number of rotatable bonds is 7. The molecule has 8 nitrogen and oxygen atoms in total. The number of benzene rings is 1. The molecule has 0 spiro atoms. The van der Waals surface area contributed by atoms with E-state index >= 15 is 0 Å². The summed E-state index contributed by atoms with van der Waals surface area (Å²) in [4.78, 5) is 34.9. The summed E-state index contributed by atoms with van der Waals surface area (Å²) >= 11 is 4.66. The van der Waals surface area contributed by atoms with Gasteiger partial charge < -0.3 is 15.2 Å². The minimum atomic E-state index is -1.51. The molecule has 1 fully saturated rings. The largest absolute Gasteiger partial charge is 0.480 e.